The van der Waals surface area contributed by atoms with Crippen molar-refractivity contribution >= 4 is 16.5 Å². The molecule has 0 fully saturated rings. The Kier molecular flexibility index (Phi) is 4.25. The highest BCUT2D eigenvalue weighted by molar-refractivity contribution is 6.07. The number of rotatable bonds is 2. The van der Waals surface area contributed by atoms with Crippen LogP contribution in [-0.2, 0) is 9.22 Å². The van der Waals surface area contributed by atoms with Gasteiger partial charge in [0.15, 0.2) is 0 Å². The first-order chi connectivity index (χ1) is 3.81. The van der Waals surface area contributed by atoms with Crippen molar-refractivity contribution in [3.63, 3.8) is 0 Å². The second kappa shape index (κ2) is 4.58. The molecule has 0 rings (SSSR count). The molecule has 3 heteroatoms. The molecule has 8 heavy (non-hydrogen) atoms. The van der Waals surface area contributed by atoms with E-state index in [9.17, 15) is 4.79 Å². The highest BCUT2D eigenvalue weighted by atomic mass is 28.2. The van der Waals surface area contributed by atoms with Gasteiger partial charge in [0.25, 0.3) is 0 Å². The lowest BCUT2D eigenvalue weighted by molar-refractivity contribution is -0.128. The van der Waals surface area contributed by atoms with Crippen molar-refractivity contribution in [3.05, 3.63) is 12.2 Å². The van der Waals surface area contributed by atoms with Gasteiger partial charge in [-0.15, -0.1) is 0 Å². The molecule has 2 nitrogen and oxygen atoms in total. The van der Waals surface area contributed by atoms with Crippen molar-refractivity contribution in [1.82, 2.24) is 0 Å². The average molecular weight is 130 g/mol. The molecular weight excluding hydrogens is 120 g/mol. The Morgan fingerprint density at radius 3 is 2.88 bits per heavy atom. The second-order valence-corrected chi connectivity index (χ2v) is 1.74. The summed E-state index contributed by atoms with van der Waals surface area (Å²) in [7, 11) is 0.489. The Labute approximate surface area is 52.1 Å². The van der Waals surface area contributed by atoms with Gasteiger partial charge in [0.05, 0.1) is 0 Å². The van der Waals surface area contributed by atoms with Crippen molar-refractivity contribution < 1.29 is 9.22 Å². The summed E-state index contributed by atoms with van der Waals surface area (Å²) in [4.78, 5) is 10.3. The minimum absolute atomic E-state index is 0.224. The number of hydrogen-bond donors (Lipinski definition) is 0. The lowest BCUT2D eigenvalue weighted by atomic mass is 10.4. The summed E-state index contributed by atoms with van der Waals surface area (Å²) >= 11 is 0. The maximum atomic E-state index is 10.3. The van der Waals surface area contributed by atoms with Crippen LogP contribution >= 0.6 is 0 Å². The molecular formula is C5H10O2Si. The van der Waals surface area contributed by atoms with Crippen LogP contribution in [-0.4, -0.2) is 16.5 Å². The largest absolute Gasteiger partial charge is 0.526 e. The van der Waals surface area contributed by atoms with Crippen LogP contribution in [0.15, 0.2) is 12.2 Å². The predicted octanol–water partition coefficient (Wildman–Crippen LogP) is -0.224. The molecule has 0 heterocycles. The van der Waals surface area contributed by atoms with E-state index >= 15 is 0 Å². The highest BCUT2D eigenvalue weighted by Crippen LogP contribution is 1.80. The van der Waals surface area contributed by atoms with Crippen LogP contribution in [0, 0.1) is 0 Å². The highest BCUT2D eigenvalue weighted by Gasteiger charge is 1.84. The van der Waals surface area contributed by atoms with E-state index in [4.69, 9.17) is 0 Å². The van der Waals surface area contributed by atoms with Crippen molar-refractivity contribution in [3.8, 4) is 0 Å². The summed E-state index contributed by atoms with van der Waals surface area (Å²) in [6.45, 7) is 1.97. The van der Waals surface area contributed by atoms with Crippen LogP contribution in [0.3, 0.4) is 0 Å². The van der Waals surface area contributed by atoms with Crippen LogP contribution < -0.4 is 0 Å². The minimum Gasteiger partial charge on any atom is -0.526 e. The number of carbonyl (C=O) groups excluding carboxylic acids is 1. The fraction of sp³-hybridized carbons (Fsp3) is 0.400. The average Bonchev–Trinajstić information content (AvgIpc) is 1.83. The van der Waals surface area contributed by atoms with E-state index in [-0.39, 0.29) is 5.97 Å². The lowest BCUT2D eigenvalue weighted by Gasteiger charge is -1.87. The van der Waals surface area contributed by atoms with E-state index < -0.39 is 0 Å². The Balaban J connectivity index is 3.37. The summed E-state index contributed by atoms with van der Waals surface area (Å²) in [6.07, 6.45) is 4.11. The van der Waals surface area contributed by atoms with Gasteiger partial charge >= 0.3 is 5.97 Å². The van der Waals surface area contributed by atoms with E-state index in [1.165, 1.54) is 6.08 Å². The molecule has 0 aromatic heterocycles. The van der Waals surface area contributed by atoms with Gasteiger partial charge in [0.1, 0.15) is 0 Å². The Morgan fingerprint density at radius 2 is 2.50 bits per heavy atom. The van der Waals surface area contributed by atoms with Gasteiger partial charge in [-0.25, -0.2) is 4.79 Å². The van der Waals surface area contributed by atoms with E-state index in [1.54, 1.807) is 6.08 Å². The van der Waals surface area contributed by atoms with Crippen molar-refractivity contribution in [2.45, 2.75) is 13.3 Å². The first kappa shape index (κ1) is 7.43. The summed E-state index contributed by atoms with van der Waals surface area (Å²) < 4.78 is 4.47. The zero-order valence-electron chi connectivity index (χ0n) is 5.18. The maximum absolute atomic E-state index is 10.3. The molecule has 0 radical (unpaired) electrons. The van der Waals surface area contributed by atoms with Gasteiger partial charge in [-0.3, -0.25) is 0 Å². The first-order valence-electron chi connectivity index (χ1n) is 2.55. The van der Waals surface area contributed by atoms with Crippen molar-refractivity contribution in [2.75, 3.05) is 0 Å². The monoisotopic (exact) mass is 130 g/mol. The normalized spacial score (nSPS) is 10.1. The molecule has 0 saturated heterocycles. The number of allylic oxidation sites excluding steroid dienone is 1. The second-order valence-electron chi connectivity index (χ2n) is 1.33. The van der Waals surface area contributed by atoms with E-state index in [1.807, 2.05) is 6.92 Å². The van der Waals surface area contributed by atoms with Gasteiger partial charge in [-0.05, 0) is 6.42 Å². The fourth-order valence-corrected chi connectivity index (χ4v) is 0.418. The predicted molar refractivity (Wildman–Crippen MR) is 35.5 cm³/mol. The molecule has 0 aliphatic carbocycles. The van der Waals surface area contributed by atoms with Gasteiger partial charge < -0.3 is 4.43 Å². The van der Waals surface area contributed by atoms with Crippen molar-refractivity contribution in [2.24, 2.45) is 0 Å². The maximum Gasteiger partial charge on any atom is 0.316 e. The molecule has 0 aliphatic rings. The van der Waals surface area contributed by atoms with Gasteiger partial charge in [0.2, 0.25) is 10.5 Å². The zero-order valence-corrected chi connectivity index (χ0v) is 7.18. The van der Waals surface area contributed by atoms with E-state index in [0.717, 1.165) is 6.42 Å². The first-order valence-corrected chi connectivity index (χ1v) is 3.37. The van der Waals surface area contributed by atoms with Crippen molar-refractivity contribution in [1.29, 1.82) is 0 Å². The Morgan fingerprint density at radius 1 is 1.88 bits per heavy atom. The standard InChI is InChI=1S/C5H10O2Si/c1-2-3-4-5(6)7-8/h3-4H,2H2,1,8H3. The lowest BCUT2D eigenvalue weighted by Crippen LogP contribution is -1.94. The SMILES string of the molecule is CCC=CC(=O)O[SiH3]. The third-order valence-corrected chi connectivity index (χ3v) is 1.09. The Bertz CT molecular complexity index is 98.6. The fourth-order valence-electron chi connectivity index (χ4n) is 0.282. The molecule has 46 valence electrons. The summed E-state index contributed by atoms with van der Waals surface area (Å²) in [6, 6.07) is 0. The number of carbonyl (C=O) groups is 1. The quantitative estimate of drug-likeness (QED) is 0.381. The molecule has 0 amide bonds. The van der Waals surface area contributed by atoms with Crippen LogP contribution in [0.4, 0.5) is 0 Å². The zero-order chi connectivity index (χ0) is 6.41. The van der Waals surface area contributed by atoms with Crippen LogP contribution in [0.5, 0.6) is 0 Å². The molecule has 0 atom stereocenters. The van der Waals surface area contributed by atoms with Gasteiger partial charge in [0, 0.05) is 6.08 Å². The molecule has 0 saturated carbocycles. The summed E-state index contributed by atoms with van der Waals surface area (Å²) in [5.74, 6) is -0.224. The summed E-state index contributed by atoms with van der Waals surface area (Å²) in [5, 5.41) is 0. The molecule has 0 N–H and O–H groups in total. The minimum atomic E-state index is -0.224. The topological polar surface area (TPSA) is 26.3 Å². The third kappa shape index (κ3) is 3.61. The molecule has 0 spiro atoms. The molecule has 0 unspecified atom stereocenters. The van der Waals surface area contributed by atoms with E-state index in [2.05, 4.69) is 4.43 Å². The number of hydrogen-bond acceptors (Lipinski definition) is 2. The van der Waals surface area contributed by atoms with Gasteiger partial charge in [-0.1, -0.05) is 13.0 Å². The Hall–Kier alpha value is -0.573. The molecule has 0 aromatic rings. The molecule has 0 aliphatic heterocycles. The summed E-state index contributed by atoms with van der Waals surface area (Å²) in [5.41, 5.74) is 0. The molecule has 0 bridgehead atoms. The third-order valence-electron chi connectivity index (χ3n) is 0.691. The van der Waals surface area contributed by atoms with Crippen LogP contribution in [0.2, 0.25) is 0 Å². The smallest absolute Gasteiger partial charge is 0.316 e. The molecule has 0 aromatic carbocycles. The van der Waals surface area contributed by atoms with Crippen LogP contribution in [0.1, 0.15) is 13.3 Å². The van der Waals surface area contributed by atoms with Crippen LogP contribution in [0.25, 0.3) is 0 Å². The van der Waals surface area contributed by atoms with E-state index in [0.29, 0.717) is 10.5 Å². The van der Waals surface area contributed by atoms with Gasteiger partial charge in [-0.2, -0.15) is 0 Å².